The van der Waals surface area contributed by atoms with Gasteiger partial charge in [-0.3, -0.25) is 29.0 Å². The number of aliphatic hydroxyl groups excluding tert-OH is 1. The van der Waals surface area contributed by atoms with Gasteiger partial charge in [0.05, 0.1) is 42.7 Å². The summed E-state index contributed by atoms with van der Waals surface area (Å²) in [6.07, 6.45) is -0.114. The van der Waals surface area contributed by atoms with Crippen molar-refractivity contribution < 1.29 is 38.5 Å². The molecule has 0 radical (unpaired) electrons. The number of ether oxygens (including phenoxy) is 3. The molecule has 5 aromatic carbocycles. The predicted octanol–water partition coefficient (Wildman–Crippen LogP) is 6.38. The number of aliphatic hydroxyl groups is 1. The maximum Gasteiger partial charge on any atom is 0.269 e. The lowest BCUT2D eigenvalue weighted by molar-refractivity contribution is -0.150. The zero-order valence-corrected chi connectivity index (χ0v) is 32.0. The smallest absolute Gasteiger partial charge is 0.269 e. The molecule has 58 heavy (non-hydrogen) atoms. The van der Waals surface area contributed by atoms with Gasteiger partial charge in [0, 0.05) is 35.9 Å². The first-order valence-electron chi connectivity index (χ1n) is 19.5. The third-order valence-electron chi connectivity index (χ3n) is 11.4. The zero-order valence-electron chi connectivity index (χ0n) is 32.0. The Morgan fingerprint density at radius 1 is 0.741 bits per heavy atom. The van der Waals surface area contributed by atoms with Gasteiger partial charge in [-0.2, -0.15) is 0 Å². The maximum atomic E-state index is 15.1. The summed E-state index contributed by atoms with van der Waals surface area (Å²) >= 11 is 0. The van der Waals surface area contributed by atoms with Gasteiger partial charge in [0.15, 0.2) is 18.8 Å². The summed E-state index contributed by atoms with van der Waals surface area (Å²) in [5.41, 5.74) is 4.11. The molecule has 1 fully saturated rings. The highest BCUT2D eigenvalue weighted by Crippen LogP contribution is 2.55. The van der Waals surface area contributed by atoms with E-state index in [0.29, 0.717) is 58.5 Å². The van der Waals surface area contributed by atoms with Gasteiger partial charge in [-0.05, 0) is 72.1 Å². The van der Waals surface area contributed by atoms with Crippen LogP contribution < -0.4 is 24.2 Å². The van der Waals surface area contributed by atoms with Crippen LogP contribution in [0.3, 0.4) is 0 Å². The summed E-state index contributed by atoms with van der Waals surface area (Å²) in [7, 11) is 0. The Balaban J connectivity index is 1.04. The predicted molar refractivity (Wildman–Crippen MR) is 216 cm³/mol. The van der Waals surface area contributed by atoms with E-state index in [-0.39, 0.29) is 68.9 Å². The lowest BCUT2D eigenvalue weighted by Crippen LogP contribution is -2.44. The second-order valence-electron chi connectivity index (χ2n) is 15.1. The number of hydrogen-bond donors (Lipinski definition) is 1. The first-order chi connectivity index (χ1) is 28.2. The van der Waals surface area contributed by atoms with E-state index >= 15 is 4.79 Å². The topological polar surface area (TPSA) is 129 Å². The fraction of sp³-hybridized carbons (Fsp3) is 0.261. The van der Waals surface area contributed by atoms with Gasteiger partial charge in [-0.15, -0.1) is 0 Å². The normalized spacial score (nSPS) is 20.7. The van der Waals surface area contributed by atoms with Crippen molar-refractivity contribution in [2.45, 2.75) is 44.6 Å². The number of carbonyl (C=O) groups excluding carboxylic acids is 4. The average Bonchev–Trinajstić information content (AvgIpc) is 3.69. The molecule has 4 heterocycles. The zero-order chi connectivity index (χ0) is 40.0. The molecule has 1 saturated heterocycles. The van der Waals surface area contributed by atoms with E-state index in [4.69, 9.17) is 14.2 Å². The van der Waals surface area contributed by atoms with E-state index in [9.17, 15) is 19.5 Å². The Morgan fingerprint density at radius 2 is 1.34 bits per heavy atom. The number of hydrogen-bond acceptors (Lipinski definition) is 8. The van der Waals surface area contributed by atoms with Gasteiger partial charge in [0.1, 0.15) is 11.5 Å². The van der Waals surface area contributed by atoms with Crippen molar-refractivity contribution in [1.29, 1.82) is 0 Å². The third kappa shape index (κ3) is 6.44. The van der Waals surface area contributed by atoms with Gasteiger partial charge >= 0.3 is 0 Å². The molecule has 4 amide bonds. The van der Waals surface area contributed by atoms with Crippen molar-refractivity contribution in [3.05, 3.63) is 138 Å². The molecular formula is C46H42N4O8. The van der Waals surface area contributed by atoms with Gasteiger partial charge < -0.3 is 29.1 Å². The van der Waals surface area contributed by atoms with Crippen LogP contribution in [0.5, 0.6) is 11.5 Å². The van der Waals surface area contributed by atoms with Crippen LogP contribution in [-0.2, 0) is 42.6 Å². The molecule has 1 spiro atoms. The Morgan fingerprint density at radius 3 is 2.00 bits per heavy atom. The third-order valence-corrected chi connectivity index (χ3v) is 11.4. The summed E-state index contributed by atoms with van der Waals surface area (Å²) in [5.74, 6) is -0.00222. The maximum absolute atomic E-state index is 15.1. The molecule has 0 unspecified atom stereocenters. The van der Waals surface area contributed by atoms with Crippen molar-refractivity contribution in [1.82, 2.24) is 4.90 Å². The van der Waals surface area contributed by atoms with Crippen LogP contribution in [0.15, 0.2) is 121 Å². The molecule has 5 aromatic rings. The van der Waals surface area contributed by atoms with Gasteiger partial charge in [0.25, 0.3) is 17.7 Å². The van der Waals surface area contributed by atoms with Crippen LogP contribution >= 0.6 is 0 Å². The van der Waals surface area contributed by atoms with Gasteiger partial charge in [-0.25, -0.2) is 0 Å². The minimum absolute atomic E-state index is 0.0292. The lowest BCUT2D eigenvalue weighted by Gasteiger charge is -2.31. The second kappa shape index (κ2) is 15.1. The van der Waals surface area contributed by atoms with Crippen LogP contribution in [0.2, 0.25) is 0 Å². The second-order valence-corrected chi connectivity index (χ2v) is 15.1. The van der Waals surface area contributed by atoms with Crippen LogP contribution in [0.25, 0.3) is 0 Å². The number of benzene rings is 5. The standard InChI is InChI=1S/C46H42N4O8/c1-30-23-35(25-42(52)47(21-22-51)26-31-9-3-2-4-10-31)58-46(30)36-24-34(50-39-12-6-8-14-41(39)57-29-44(50)54)19-20-37(36)48(45(46)55)27-32-15-17-33(18-16-32)49-38-11-5-7-13-40(38)56-28-43(49)53/h2-20,24,30,35,51H,21-23,25-29H2,1H3/t30-,35-,46+/m0/s1. The largest absolute Gasteiger partial charge is 0.482 e. The molecule has 12 heteroatoms. The first-order valence-corrected chi connectivity index (χ1v) is 19.5. The molecule has 4 aliphatic rings. The number of rotatable bonds is 10. The summed E-state index contributed by atoms with van der Waals surface area (Å²) in [6.45, 7) is 2.30. The minimum Gasteiger partial charge on any atom is -0.482 e. The van der Waals surface area contributed by atoms with Crippen LogP contribution in [0.1, 0.15) is 36.5 Å². The molecule has 294 valence electrons. The number of nitrogens with zero attached hydrogens (tertiary/aromatic N) is 4. The molecule has 3 atom stereocenters. The number of anilines is 5. The van der Waals surface area contributed by atoms with E-state index < -0.39 is 11.7 Å². The minimum atomic E-state index is -1.43. The molecule has 9 rings (SSSR count). The van der Waals surface area contributed by atoms with Gasteiger partial charge in [-0.1, -0.05) is 73.7 Å². The number of amides is 4. The fourth-order valence-electron chi connectivity index (χ4n) is 8.72. The molecule has 0 saturated carbocycles. The molecule has 4 aliphatic heterocycles. The number of fused-ring (bicyclic) bond motifs is 4. The summed E-state index contributed by atoms with van der Waals surface area (Å²) in [6, 6.07) is 37.4. The lowest BCUT2D eigenvalue weighted by atomic mass is 9.82. The Labute approximate surface area is 335 Å². The van der Waals surface area contributed by atoms with Crippen molar-refractivity contribution in [2.75, 3.05) is 41.1 Å². The van der Waals surface area contributed by atoms with E-state index in [0.717, 1.165) is 11.1 Å². The van der Waals surface area contributed by atoms with Crippen molar-refractivity contribution >= 4 is 52.1 Å². The summed E-state index contributed by atoms with van der Waals surface area (Å²) < 4.78 is 18.2. The average molecular weight is 779 g/mol. The molecule has 12 nitrogen and oxygen atoms in total. The monoisotopic (exact) mass is 778 g/mol. The highest BCUT2D eigenvalue weighted by molar-refractivity contribution is 6.10. The van der Waals surface area contributed by atoms with Crippen molar-refractivity contribution in [2.24, 2.45) is 5.92 Å². The highest BCUT2D eigenvalue weighted by atomic mass is 16.5. The van der Waals surface area contributed by atoms with Crippen LogP contribution in [0, 0.1) is 5.92 Å². The van der Waals surface area contributed by atoms with Crippen molar-refractivity contribution in [3.63, 3.8) is 0 Å². The Hall–Kier alpha value is -6.50. The summed E-state index contributed by atoms with van der Waals surface area (Å²) in [4.78, 5) is 62.0. The Kier molecular flexibility index (Phi) is 9.66. The molecule has 0 bridgehead atoms. The SMILES string of the molecule is C[C@H]1C[C@@H](CC(=O)N(CCO)Cc2ccccc2)O[C@]12C(=O)N(Cc1ccc(N3C(=O)COc4ccccc43)cc1)c1ccc(N3C(=O)COc4ccccc43)cc12. The molecule has 0 aromatic heterocycles. The van der Waals surface area contributed by atoms with E-state index in [1.54, 1.807) is 19.6 Å². The van der Waals surface area contributed by atoms with E-state index in [1.165, 1.54) is 0 Å². The number of carbonyl (C=O) groups is 4. The van der Waals surface area contributed by atoms with Crippen LogP contribution in [0.4, 0.5) is 28.4 Å². The molecular weight excluding hydrogens is 737 g/mol. The quantitative estimate of drug-likeness (QED) is 0.173. The first kappa shape index (κ1) is 37.1. The van der Waals surface area contributed by atoms with E-state index in [2.05, 4.69) is 0 Å². The molecule has 1 N–H and O–H groups in total. The number of para-hydroxylation sites is 4. The fourth-order valence-corrected chi connectivity index (χ4v) is 8.72. The summed E-state index contributed by atoms with van der Waals surface area (Å²) in [5, 5.41) is 9.84. The molecule has 0 aliphatic carbocycles. The van der Waals surface area contributed by atoms with Crippen LogP contribution in [-0.4, -0.2) is 66.1 Å². The Bertz CT molecular complexity index is 2400. The van der Waals surface area contributed by atoms with E-state index in [1.807, 2.05) is 128 Å². The van der Waals surface area contributed by atoms with Crippen molar-refractivity contribution in [3.8, 4) is 11.5 Å². The van der Waals surface area contributed by atoms with Gasteiger partial charge in [0.2, 0.25) is 5.91 Å². The highest BCUT2D eigenvalue weighted by Gasteiger charge is 2.60.